The Balaban J connectivity index is 5.76. The summed E-state index contributed by atoms with van der Waals surface area (Å²) in [6, 6.07) is 1.66. The molecule has 0 unspecified atom stereocenters. The number of nitriles is 2. The Labute approximate surface area is 104 Å². The summed E-state index contributed by atoms with van der Waals surface area (Å²) in [7, 11) is 1.11. The molecular formula is C10H8F6N2O. The first-order valence-electron chi connectivity index (χ1n) is 4.69. The van der Waals surface area contributed by atoms with Crippen molar-refractivity contribution >= 4 is 0 Å². The van der Waals surface area contributed by atoms with Crippen LogP contribution in [0.2, 0.25) is 0 Å². The minimum Gasteiger partial charge on any atom is -0.505 e. The monoisotopic (exact) mass is 286 g/mol. The first-order valence-corrected chi connectivity index (χ1v) is 4.69. The van der Waals surface area contributed by atoms with Crippen LogP contribution in [0.3, 0.4) is 0 Å². The van der Waals surface area contributed by atoms with E-state index in [1.807, 2.05) is 0 Å². The van der Waals surface area contributed by atoms with Gasteiger partial charge in [-0.3, -0.25) is 0 Å². The quantitative estimate of drug-likeness (QED) is 0.588. The van der Waals surface area contributed by atoms with Gasteiger partial charge in [-0.2, -0.15) is 36.9 Å². The SMILES string of the molecule is CO/C=C/CC(C#N)(C#N)C(C(F)(F)F)C(F)(F)F. The first-order chi connectivity index (χ1) is 8.55. The van der Waals surface area contributed by atoms with Crippen LogP contribution < -0.4 is 0 Å². The lowest BCUT2D eigenvalue weighted by molar-refractivity contribution is -0.302. The molecule has 3 nitrogen and oxygen atoms in total. The zero-order chi connectivity index (χ0) is 15.3. The van der Waals surface area contributed by atoms with Gasteiger partial charge in [0.25, 0.3) is 0 Å². The van der Waals surface area contributed by atoms with Crippen molar-refractivity contribution < 1.29 is 31.1 Å². The summed E-state index contributed by atoms with van der Waals surface area (Å²) in [5.74, 6) is -4.05. The Hall–Kier alpha value is -1.90. The zero-order valence-electron chi connectivity index (χ0n) is 9.51. The molecule has 9 heteroatoms. The number of rotatable bonds is 4. The van der Waals surface area contributed by atoms with Gasteiger partial charge in [-0.1, -0.05) is 0 Å². The van der Waals surface area contributed by atoms with Gasteiger partial charge < -0.3 is 4.74 Å². The molecule has 0 amide bonds. The third-order valence-electron chi connectivity index (χ3n) is 2.22. The van der Waals surface area contributed by atoms with Gasteiger partial charge >= 0.3 is 12.4 Å². The fraction of sp³-hybridized carbons (Fsp3) is 0.600. The third-order valence-corrected chi connectivity index (χ3v) is 2.22. The predicted octanol–water partition coefficient (Wildman–Crippen LogP) is 3.31. The number of hydrogen-bond acceptors (Lipinski definition) is 3. The molecule has 19 heavy (non-hydrogen) atoms. The molecule has 0 aromatic carbocycles. The van der Waals surface area contributed by atoms with Crippen molar-refractivity contribution in [2.45, 2.75) is 18.8 Å². The lowest BCUT2D eigenvalue weighted by Gasteiger charge is -2.31. The van der Waals surface area contributed by atoms with Crippen molar-refractivity contribution in [1.29, 1.82) is 10.5 Å². The minimum atomic E-state index is -5.76. The van der Waals surface area contributed by atoms with Crippen LogP contribution in [-0.2, 0) is 4.74 Å². The fourth-order valence-corrected chi connectivity index (χ4v) is 1.44. The predicted molar refractivity (Wildman–Crippen MR) is 50.0 cm³/mol. The number of ether oxygens (including phenoxy) is 1. The van der Waals surface area contributed by atoms with Gasteiger partial charge in [0, 0.05) is 6.42 Å². The van der Waals surface area contributed by atoms with Gasteiger partial charge in [0.2, 0.25) is 0 Å². The van der Waals surface area contributed by atoms with Crippen LogP contribution in [0.15, 0.2) is 12.3 Å². The third kappa shape index (κ3) is 4.05. The highest BCUT2D eigenvalue weighted by Crippen LogP contribution is 2.50. The van der Waals surface area contributed by atoms with Gasteiger partial charge in [0.05, 0.1) is 25.5 Å². The molecule has 0 rings (SSSR count). The van der Waals surface area contributed by atoms with Crippen molar-refractivity contribution in [2.75, 3.05) is 7.11 Å². The van der Waals surface area contributed by atoms with Crippen LogP contribution in [0.5, 0.6) is 0 Å². The topological polar surface area (TPSA) is 56.8 Å². The van der Waals surface area contributed by atoms with Crippen LogP contribution in [0.1, 0.15) is 6.42 Å². The van der Waals surface area contributed by atoms with Crippen molar-refractivity contribution in [3.05, 3.63) is 12.3 Å². The van der Waals surface area contributed by atoms with E-state index in [0.717, 1.165) is 31.6 Å². The van der Waals surface area contributed by atoms with Crippen LogP contribution in [0, 0.1) is 34.0 Å². The molecule has 0 saturated heterocycles. The van der Waals surface area contributed by atoms with Crippen molar-refractivity contribution in [3.63, 3.8) is 0 Å². The maximum Gasteiger partial charge on any atom is 0.403 e. The highest BCUT2D eigenvalue weighted by molar-refractivity contribution is 5.21. The maximum atomic E-state index is 12.5. The second kappa shape index (κ2) is 5.83. The lowest BCUT2D eigenvalue weighted by Crippen LogP contribution is -2.47. The lowest BCUT2D eigenvalue weighted by atomic mass is 9.74. The zero-order valence-corrected chi connectivity index (χ0v) is 9.51. The molecule has 0 radical (unpaired) electrons. The van der Waals surface area contributed by atoms with Crippen LogP contribution >= 0.6 is 0 Å². The van der Waals surface area contributed by atoms with Crippen molar-refractivity contribution in [1.82, 2.24) is 0 Å². The molecule has 0 atom stereocenters. The van der Waals surface area contributed by atoms with E-state index in [0.29, 0.717) is 0 Å². The van der Waals surface area contributed by atoms with Gasteiger partial charge in [-0.15, -0.1) is 0 Å². The first kappa shape index (κ1) is 17.1. The molecule has 0 N–H and O–H groups in total. The van der Waals surface area contributed by atoms with E-state index in [4.69, 9.17) is 10.5 Å². The minimum absolute atomic E-state index is 0.761. The molecule has 0 aromatic rings. The number of methoxy groups -OCH3 is 1. The van der Waals surface area contributed by atoms with E-state index in [-0.39, 0.29) is 0 Å². The van der Waals surface area contributed by atoms with E-state index in [2.05, 4.69) is 4.74 Å². The normalized spacial score (nSPS) is 13.4. The molecule has 0 fully saturated rings. The number of allylic oxidation sites excluding steroid dienone is 1. The molecule has 0 aromatic heterocycles. The van der Waals surface area contributed by atoms with Gasteiger partial charge in [-0.25, -0.2) is 0 Å². The highest BCUT2D eigenvalue weighted by Gasteiger charge is 2.67. The van der Waals surface area contributed by atoms with Gasteiger partial charge in [0.15, 0.2) is 11.3 Å². The van der Waals surface area contributed by atoms with E-state index in [1.165, 1.54) is 0 Å². The Kier molecular flexibility index (Phi) is 5.24. The van der Waals surface area contributed by atoms with Crippen molar-refractivity contribution in [3.8, 4) is 12.1 Å². The summed E-state index contributed by atoms with van der Waals surface area (Å²) in [6.45, 7) is 0. The van der Waals surface area contributed by atoms with Crippen LogP contribution in [-0.4, -0.2) is 19.5 Å². The summed E-state index contributed by atoms with van der Waals surface area (Å²) in [6.07, 6.45) is -11.0. The summed E-state index contributed by atoms with van der Waals surface area (Å²) in [5, 5.41) is 17.3. The Morgan fingerprint density at radius 1 is 1.05 bits per heavy atom. The average molecular weight is 286 g/mol. The second-order valence-electron chi connectivity index (χ2n) is 3.52. The van der Waals surface area contributed by atoms with Crippen molar-refractivity contribution in [2.24, 2.45) is 11.3 Å². The highest BCUT2D eigenvalue weighted by atomic mass is 19.4. The summed E-state index contributed by atoms with van der Waals surface area (Å²) < 4.78 is 79.4. The Bertz CT molecular complexity index is 384. The summed E-state index contributed by atoms with van der Waals surface area (Å²) in [5.41, 5.74) is -3.29. The maximum absolute atomic E-state index is 12.5. The van der Waals surface area contributed by atoms with E-state index >= 15 is 0 Å². The number of alkyl halides is 6. The van der Waals surface area contributed by atoms with Gasteiger partial charge in [0.1, 0.15) is 0 Å². The molecule has 0 aliphatic carbocycles. The standard InChI is InChI=1S/C10H8F6N2O/c1-19-4-2-3-8(5-17,6-18)7(9(11,12)13)10(14,15)16/h2,4,7H,3H2,1H3/b4-2+. The molecule has 0 saturated carbocycles. The Morgan fingerprint density at radius 2 is 1.47 bits per heavy atom. The van der Waals surface area contributed by atoms with Gasteiger partial charge in [-0.05, 0) is 6.08 Å². The van der Waals surface area contributed by atoms with E-state index < -0.39 is 30.1 Å². The molecule has 106 valence electrons. The average Bonchev–Trinajstić information content (AvgIpc) is 2.24. The Morgan fingerprint density at radius 3 is 1.74 bits per heavy atom. The molecule has 0 spiro atoms. The van der Waals surface area contributed by atoms with Crippen LogP contribution in [0.4, 0.5) is 26.3 Å². The largest absolute Gasteiger partial charge is 0.505 e. The molecular weight excluding hydrogens is 278 g/mol. The molecule has 0 heterocycles. The number of hydrogen-bond donors (Lipinski definition) is 0. The van der Waals surface area contributed by atoms with E-state index in [9.17, 15) is 26.3 Å². The summed E-state index contributed by atoms with van der Waals surface area (Å²) >= 11 is 0. The van der Waals surface area contributed by atoms with E-state index in [1.54, 1.807) is 0 Å². The van der Waals surface area contributed by atoms with Crippen LogP contribution in [0.25, 0.3) is 0 Å². The fourth-order valence-electron chi connectivity index (χ4n) is 1.44. The molecule has 0 aliphatic heterocycles. The smallest absolute Gasteiger partial charge is 0.403 e. The molecule has 0 aliphatic rings. The second-order valence-corrected chi connectivity index (χ2v) is 3.52. The molecule has 0 bridgehead atoms. The number of nitrogens with zero attached hydrogens (tertiary/aromatic N) is 2. The number of halogens is 6. The summed E-state index contributed by atoms with van der Waals surface area (Å²) in [4.78, 5) is 0.